The molecule has 0 aliphatic rings. The van der Waals surface area contributed by atoms with Gasteiger partial charge in [-0.15, -0.1) is 0 Å². The Labute approximate surface area is 96.8 Å². The zero-order valence-corrected chi connectivity index (χ0v) is 10.3. The van der Waals surface area contributed by atoms with E-state index in [2.05, 4.69) is 4.40 Å². The third-order valence-electron chi connectivity index (χ3n) is 2.17. The fraction of sp³-hybridized carbons (Fsp3) is 0.364. The zero-order valence-electron chi connectivity index (χ0n) is 9.50. The van der Waals surface area contributed by atoms with Gasteiger partial charge in [-0.3, -0.25) is 0 Å². The summed E-state index contributed by atoms with van der Waals surface area (Å²) in [5.41, 5.74) is 0.776. The maximum absolute atomic E-state index is 11.7. The lowest BCUT2D eigenvalue weighted by Gasteiger charge is -2.13. The maximum atomic E-state index is 11.7. The first-order valence-corrected chi connectivity index (χ1v) is 6.60. The van der Waals surface area contributed by atoms with Crippen molar-refractivity contribution in [2.24, 2.45) is 4.40 Å². The average Bonchev–Trinajstić information content (AvgIpc) is 2.29. The molecule has 0 saturated carbocycles. The Balaban J connectivity index is 2.85. The summed E-state index contributed by atoms with van der Waals surface area (Å²) in [6.07, 6.45) is 1.37. The van der Waals surface area contributed by atoms with Crippen LogP contribution in [0.1, 0.15) is 19.4 Å². The molecule has 0 spiro atoms. The molecule has 0 bridgehead atoms. The second-order valence-corrected chi connectivity index (χ2v) is 4.83. The first-order chi connectivity index (χ1) is 7.60. The van der Waals surface area contributed by atoms with Gasteiger partial charge in [-0.05, 0) is 5.56 Å². The third-order valence-corrected chi connectivity index (χ3v) is 3.71. The van der Waals surface area contributed by atoms with E-state index in [-0.39, 0.29) is 0 Å². The van der Waals surface area contributed by atoms with E-state index in [1.807, 2.05) is 18.2 Å². The molecule has 0 atom stereocenters. The Kier molecular flexibility index (Phi) is 4.64. The lowest BCUT2D eigenvalue weighted by molar-refractivity contribution is 0.446. The van der Waals surface area contributed by atoms with Crippen molar-refractivity contribution in [2.75, 3.05) is 13.1 Å². The molecule has 0 N–H and O–H groups in total. The molecule has 4 nitrogen and oxygen atoms in total. The molecule has 0 fully saturated rings. The number of hydrogen-bond donors (Lipinski definition) is 0. The fourth-order valence-electron chi connectivity index (χ4n) is 1.28. The van der Waals surface area contributed by atoms with Crippen LogP contribution in [0.25, 0.3) is 0 Å². The van der Waals surface area contributed by atoms with Crippen LogP contribution in [0.2, 0.25) is 0 Å². The highest BCUT2D eigenvalue weighted by Gasteiger charge is 2.15. The molecule has 1 rings (SSSR count). The van der Waals surface area contributed by atoms with Crippen molar-refractivity contribution in [3.63, 3.8) is 0 Å². The molecule has 0 radical (unpaired) electrons. The topological polar surface area (TPSA) is 49.7 Å². The molecule has 0 amide bonds. The van der Waals surface area contributed by atoms with Crippen LogP contribution in [0.4, 0.5) is 0 Å². The maximum Gasteiger partial charge on any atom is 0.322 e. The molecule has 0 heterocycles. The molecule has 5 heteroatoms. The van der Waals surface area contributed by atoms with E-state index in [0.717, 1.165) is 5.56 Å². The van der Waals surface area contributed by atoms with Gasteiger partial charge in [0.25, 0.3) is 0 Å². The van der Waals surface area contributed by atoms with E-state index >= 15 is 0 Å². The molecule has 0 aliphatic heterocycles. The van der Waals surface area contributed by atoms with Crippen LogP contribution in [0, 0.1) is 0 Å². The van der Waals surface area contributed by atoms with E-state index in [9.17, 15) is 8.42 Å². The number of hydrogen-bond acceptors (Lipinski definition) is 2. The largest absolute Gasteiger partial charge is 0.322 e. The second kappa shape index (κ2) is 5.77. The van der Waals surface area contributed by atoms with Crippen molar-refractivity contribution in [3.8, 4) is 0 Å². The Morgan fingerprint density at radius 3 is 2.25 bits per heavy atom. The summed E-state index contributed by atoms with van der Waals surface area (Å²) in [7, 11) is -3.52. The molecule has 0 unspecified atom stereocenters. The van der Waals surface area contributed by atoms with Crippen LogP contribution in [0.5, 0.6) is 0 Å². The first-order valence-electron chi connectivity index (χ1n) is 5.20. The van der Waals surface area contributed by atoms with Crippen LogP contribution in [-0.4, -0.2) is 32.0 Å². The molecule has 88 valence electrons. The van der Waals surface area contributed by atoms with Crippen LogP contribution in [-0.2, 0) is 10.2 Å². The van der Waals surface area contributed by atoms with Gasteiger partial charge in [0.2, 0.25) is 0 Å². The predicted octanol–water partition coefficient (Wildman–Crippen LogP) is 1.69. The van der Waals surface area contributed by atoms with Crippen LogP contribution >= 0.6 is 0 Å². The standard InChI is InChI=1S/C11H16N2O2S/c1-3-13(4-2)16(14,15)12-10-11-8-6-5-7-9-11/h5-10H,3-4H2,1-2H3/b12-10+. The van der Waals surface area contributed by atoms with E-state index in [4.69, 9.17) is 0 Å². The summed E-state index contributed by atoms with van der Waals surface area (Å²) in [5.74, 6) is 0. The number of rotatable bonds is 5. The summed E-state index contributed by atoms with van der Waals surface area (Å²) >= 11 is 0. The Morgan fingerprint density at radius 2 is 1.75 bits per heavy atom. The fourth-order valence-corrected chi connectivity index (χ4v) is 2.32. The summed E-state index contributed by atoms with van der Waals surface area (Å²) in [4.78, 5) is 0. The predicted molar refractivity (Wildman–Crippen MR) is 65.9 cm³/mol. The number of benzene rings is 1. The lowest BCUT2D eigenvalue weighted by Crippen LogP contribution is -2.28. The van der Waals surface area contributed by atoms with E-state index < -0.39 is 10.2 Å². The van der Waals surface area contributed by atoms with Gasteiger partial charge in [-0.2, -0.15) is 17.1 Å². The Morgan fingerprint density at radius 1 is 1.19 bits per heavy atom. The summed E-state index contributed by atoms with van der Waals surface area (Å²) in [5, 5.41) is 0. The Hall–Kier alpha value is -1.20. The summed E-state index contributed by atoms with van der Waals surface area (Å²) in [6, 6.07) is 9.16. The minimum Gasteiger partial charge on any atom is -0.187 e. The molecule has 0 aliphatic carbocycles. The van der Waals surface area contributed by atoms with E-state index in [1.165, 1.54) is 10.5 Å². The molecule has 0 aromatic heterocycles. The summed E-state index contributed by atoms with van der Waals surface area (Å²) < 4.78 is 28.3. The monoisotopic (exact) mass is 240 g/mol. The zero-order chi connectivity index (χ0) is 12.0. The van der Waals surface area contributed by atoms with Gasteiger partial charge >= 0.3 is 10.2 Å². The molecule has 1 aromatic carbocycles. The van der Waals surface area contributed by atoms with Gasteiger partial charge in [0.1, 0.15) is 0 Å². The number of nitrogens with zero attached hydrogens (tertiary/aromatic N) is 2. The van der Waals surface area contributed by atoms with Gasteiger partial charge in [-0.1, -0.05) is 44.2 Å². The van der Waals surface area contributed by atoms with Crippen molar-refractivity contribution in [2.45, 2.75) is 13.8 Å². The molecular formula is C11H16N2O2S. The SMILES string of the molecule is CCN(CC)S(=O)(=O)/N=C/c1ccccc1. The van der Waals surface area contributed by atoms with Crippen LogP contribution in [0.15, 0.2) is 34.7 Å². The highest BCUT2D eigenvalue weighted by Crippen LogP contribution is 2.03. The molecule has 16 heavy (non-hydrogen) atoms. The highest BCUT2D eigenvalue weighted by atomic mass is 32.2. The van der Waals surface area contributed by atoms with Gasteiger partial charge in [-0.25, -0.2) is 0 Å². The normalized spacial score (nSPS) is 12.4. The van der Waals surface area contributed by atoms with Crippen molar-refractivity contribution < 1.29 is 8.42 Å². The van der Waals surface area contributed by atoms with Crippen molar-refractivity contribution in [1.82, 2.24) is 4.31 Å². The minimum absolute atomic E-state index is 0.435. The average molecular weight is 240 g/mol. The van der Waals surface area contributed by atoms with Gasteiger partial charge in [0.05, 0.1) is 0 Å². The lowest BCUT2D eigenvalue weighted by atomic mass is 10.2. The smallest absolute Gasteiger partial charge is 0.187 e. The van der Waals surface area contributed by atoms with Gasteiger partial charge in [0, 0.05) is 19.3 Å². The second-order valence-electron chi connectivity index (χ2n) is 3.21. The van der Waals surface area contributed by atoms with Crippen molar-refractivity contribution in [1.29, 1.82) is 0 Å². The quantitative estimate of drug-likeness (QED) is 0.735. The molecular weight excluding hydrogens is 224 g/mol. The van der Waals surface area contributed by atoms with Crippen LogP contribution in [0.3, 0.4) is 0 Å². The van der Waals surface area contributed by atoms with E-state index in [0.29, 0.717) is 13.1 Å². The highest BCUT2D eigenvalue weighted by molar-refractivity contribution is 7.87. The third kappa shape index (κ3) is 3.43. The molecule has 0 saturated heterocycles. The van der Waals surface area contributed by atoms with E-state index in [1.54, 1.807) is 26.0 Å². The van der Waals surface area contributed by atoms with Crippen LogP contribution < -0.4 is 0 Å². The summed E-state index contributed by atoms with van der Waals surface area (Å²) in [6.45, 7) is 4.45. The first kappa shape index (κ1) is 12.9. The van der Waals surface area contributed by atoms with Gasteiger partial charge < -0.3 is 0 Å². The molecule has 1 aromatic rings. The minimum atomic E-state index is -3.52. The van der Waals surface area contributed by atoms with Gasteiger partial charge in [0.15, 0.2) is 0 Å². The Bertz CT molecular complexity index is 436. The van der Waals surface area contributed by atoms with Crippen molar-refractivity contribution >= 4 is 16.4 Å². The van der Waals surface area contributed by atoms with Crippen molar-refractivity contribution in [3.05, 3.63) is 35.9 Å².